The molecule has 27 heavy (non-hydrogen) atoms. The molecule has 0 N–H and O–H groups in total. The van der Waals surface area contributed by atoms with Gasteiger partial charge in [-0.25, -0.2) is 0 Å². The summed E-state index contributed by atoms with van der Waals surface area (Å²) in [5.41, 5.74) is 3.71. The summed E-state index contributed by atoms with van der Waals surface area (Å²) in [5, 5.41) is 0.613. The smallest absolute Gasteiger partial charge is 0.115 e. The first-order chi connectivity index (χ1) is 12.6. The SMILES string of the molecule is [B]c1c([B])c([B])c(-n2c(C=C)c(C)c3c([B])c([B])c([B])c([B])c32)c([B])c1[B]. The van der Waals surface area contributed by atoms with Crippen LogP contribution in [-0.4, -0.2) is 75.2 Å². The van der Waals surface area contributed by atoms with Crippen molar-refractivity contribution in [3.05, 3.63) is 17.8 Å². The third-order valence-electron chi connectivity index (χ3n) is 4.94. The van der Waals surface area contributed by atoms with Gasteiger partial charge in [0.25, 0.3) is 0 Å². The molecule has 0 saturated carbocycles. The Balaban J connectivity index is 2.69. The van der Waals surface area contributed by atoms with Crippen molar-refractivity contribution in [2.24, 2.45) is 0 Å². The lowest BCUT2D eigenvalue weighted by Gasteiger charge is -2.25. The Kier molecular flexibility index (Phi) is 4.99. The second-order valence-electron chi connectivity index (χ2n) is 6.35. The van der Waals surface area contributed by atoms with E-state index in [1.807, 2.05) is 6.92 Å². The zero-order chi connectivity index (χ0) is 20.4. The molecule has 1 heterocycles. The van der Waals surface area contributed by atoms with Crippen LogP contribution in [0.2, 0.25) is 0 Å². The summed E-state index contributed by atoms with van der Waals surface area (Å²) in [6.07, 6.45) is 1.61. The first-order valence-electron chi connectivity index (χ1n) is 7.97. The third-order valence-corrected chi connectivity index (χ3v) is 4.94. The van der Waals surface area contributed by atoms with Crippen LogP contribution in [0.4, 0.5) is 0 Å². The largest absolute Gasteiger partial charge is 0.311 e. The van der Waals surface area contributed by atoms with Gasteiger partial charge in [0.2, 0.25) is 0 Å². The first-order valence-corrected chi connectivity index (χ1v) is 7.97. The summed E-state index contributed by atoms with van der Waals surface area (Å²) in [6.45, 7) is 5.71. The van der Waals surface area contributed by atoms with Gasteiger partial charge in [0.05, 0.1) is 0 Å². The molecule has 0 aliphatic heterocycles. The van der Waals surface area contributed by atoms with Crippen LogP contribution in [0.25, 0.3) is 22.7 Å². The Bertz CT molecular complexity index is 1120. The molecule has 18 radical (unpaired) electrons. The Morgan fingerprint density at radius 2 is 1.04 bits per heavy atom. The lowest BCUT2D eigenvalue weighted by molar-refractivity contribution is 1.12. The zero-order valence-electron chi connectivity index (χ0n) is 14.9. The number of fused-ring (bicyclic) bond motifs is 1. The summed E-state index contributed by atoms with van der Waals surface area (Å²) in [4.78, 5) is 0. The van der Waals surface area contributed by atoms with Crippen molar-refractivity contribution in [1.29, 1.82) is 0 Å². The van der Waals surface area contributed by atoms with Crippen molar-refractivity contribution in [3.63, 3.8) is 0 Å². The van der Waals surface area contributed by atoms with Gasteiger partial charge in [0, 0.05) is 16.9 Å². The minimum atomic E-state index is 0.110. The second kappa shape index (κ2) is 6.72. The number of aryl methyl sites for hydroxylation is 1. The van der Waals surface area contributed by atoms with Crippen molar-refractivity contribution in [2.75, 3.05) is 0 Å². The predicted molar refractivity (Wildman–Crippen MR) is 127 cm³/mol. The molecule has 3 rings (SSSR count). The van der Waals surface area contributed by atoms with Crippen molar-refractivity contribution in [2.45, 2.75) is 6.92 Å². The Morgan fingerprint density at radius 1 is 0.630 bits per heavy atom. The Labute approximate surface area is 171 Å². The minimum Gasteiger partial charge on any atom is -0.311 e. The number of rotatable bonds is 2. The maximum Gasteiger partial charge on any atom is 0.115 e. The number of hydrogen-bond donors (Lipinski definition) is 0. The summed E-state index contributed by atoms with van der Waals surface area (Å²) in [5.74, 6) is 0. The summed E-state index contributed by atoms with van der Waals surface area (Å²) >= 11 is 0. The topological polar surface area (TPSA) is 4.93 Å². The molecular weight excluding hydrogens is 316 g/mol. The number of aromatic nitrogens is 1. The second-order valence-corrected chi connectivity index (χ2v) is 6.35. The van der Waals surface area contributed by atoms with Gasteiger partial charge in [-0.15, -0.1) is 27.3 Å². The van der Waals surface area contributed by atoms with E-state index < -0.39 is 0 Å². The van der Waals surface area contributed by atoms with Crippen molar-refractivity contribution in [3.8, 4) is 5.69 Å². The normalized spacial score (nSPS) is 11.1. The van der Waals surface area contributed by atoms with Crippen LogP contribution in [0.5, 0.6) is 0 Å². The molecule has 0 atom stereocenters. The van der Waals surface area contributed by atoms with E-state index >= 15 is 0 Å². The fraction of sp³-hybridized carbons (Fsp3) is 0.0588. The van der Waals surface area contributed by atoms with Crippen LogP contribution in [-0.2, 0) is 0 Å². The fourth-order valence-electron chi connectivity index (χ4n) is 3.40. The summed E-state index contributed by atoms with van der Waals surface area (Å²) in [7, 11) is 55.0. The molecule has 3 aromatic rings. The van der Waals surface area contributed by atoms with E-state index in [1.54, 1.807) is 10.6 Å². The van der Waals surface area contributed by atoms with E-state index in [9.17, 15) is 0 Å². The highest BCUT2D eigenvalue weighted by Crippen LogP contribution is 2.25. The average Bonchev–Trinajstić information content (AvgIpc) is 2.93. The quantitative estimate of drug-likeness (QED) is 0.414. The van der Waals surface area contributed by atoms with Gasteiger partial charge < -0.3 is 4.57 Å². The van der Waals surface area contributed by atoms with Crippen LogP contribution >= 0.6 is 0 Å². The average molecular weight is 322 g/mol. The number of benzene rings is 2. The predicted octanol–water partition coefficient (Wildman–Crippen LogP) is -6.27. The third kappa shape index (κ3) is 2.59. The Morgan fingerprint density at radius 3 is 1.52 bits per heavy atom. The van der Waals surface area contributed by atoms with Crippen LogP contribution in [0, 0.1) is 6.92 Å². The number of nitrogens with zero attached hydrogens (tertiary/aromatic N) is 1. The van der Waals surface area contributed by atoms with Gasteiger partial charge in [-0.05, 0) is 23.9 Å². The summed E-state index contributed by atoms with van der Waals surface area (Å²) < 4.78 is 1.68. The van der Waals surface area contributed by atoms with E-state index in [0.717, 1.165) is 5.56 Å². The molecule has 0 fully saturated rings. The van der Waals surface area contributed by atoms with Gasteiger partial charge in [0.1, 0.15) is 70.6 Å². The van der Waals surface area contributed by atoms with E-state index in [2.05, 4.69) is 6.58 Å². The highest BCUT2D eigenvalue weighted by Gasteiger charge is 2.22. The molecule has 0 unspecified atom stereocenters. The monoisotopic (exact) mass is 323 g/mol. The molecule has 1 nitrogen and oxygen atoms in total. The molecule has 0 amide bonds. The number of hydrogen-bond acceptors (Lipinski definition) is 0. The molecule has 1 aromatic heterocycles. The highest BCUT2D eigenvalue weighted by atomic mass is 15.0. The lowest BCUT2D eigenvalue weighted by atomic mass is 9.61. The highest BCUT2D eigenvalue weighted by molar-refractivity contribution is 6.69. The molecular formula is C17H6B9N. The molecule has 0 aliphatic carbocycles. The van der Waals surface area contributed by atoms with E-state index in [-0.39, 0.29) is 43.7 Å². The van der Waals surface area contributed by atoms with Crippen LogP contribution < -0.4 is 49.2 Å². The van der Waals surface area contributed by atoms with E-state index in [4.69, 9.17) is 70.6 Å². The molecule has 0 bridgehead atoms. The van der Waals surface area contributed by atoms with Crippen molar-refractivity contribution < 1.29 is 0 Å². The van der Waals surface area contributed by atoms with Gasteiger partial charge in [-0.2, -0.15) is 0 Å². The molecule has 10 heteroatoms. The van der Waals surface area contributed by atoms with E-state index in [1.165, 1.54) is 0 Å². The standard InChI is InChI=1S/C17H6B9N/c1-3-5-4(2)6-7(18)8(19)10(21)13(24)16(6)27(5)17-14(25)11(22)9(20)12(23)15(17)26/h3H,1H2,2H3. The van der Waals surface area contributed by atoms with Crippen molar-refractivity contribution >= 4 is 137 Å². The lowest BCUT2D eigenvalue weighted by Crippen LogP contribution is -2.56. The maximum atomic E-state index is 6.28. The molecule has 2 aromatic carbocycles. The van der Waals surface area contributed by atoms with Gasteiger partial charge in [-0.3, -0.25) is 0 Å². The Hall–Kier alpha value is -1.70. The van der Waals surface area contributed by atoms with Crippen molar-refractivity contribution in [1.82, 2.24) is 4.57 Å². The first kappa shape index (κ1) is 20.0. The van der Waals surface area contributed by atoms with Crippen LogP contribution in [0.3, 0.4) is 0 Å². The molecule has 106 valence electrons. The molecule has 0 spiro atoms. The zero-order valence-corrected chi connectivity index (χ0v) is 14.9. The molecule has 0 aliphatic rings. The van der Waals surface area contributed by atoms with E-state index in [0.29, 0.717) is 27.7 Å². The maximum absolute atomic E-state index is 6.28. The minimum absolute atomic E-state index is 0.110. The fourth-order valence-corrected chi connectivity index (χ4v) is 3.40. The molecule has 0 saturated heterocycles. The van der Waals surface area contributed by atoms with Crippen LogP contribution in [0.1, 0.15) is 11.3 Å². The summed E-state index contributed by atoms with van der Waals surface area (Å²) in [6, 6.07) is 0. The van der Waals surface area contributed by atoms with Gasteiger partial charge in [0.15, 0.2) is 0 Å². The van der Waals surface area contributed by atoms with Gasteiger partial charge in [-0.1, -0.05) is 28.4 Å². The van der Waals surface area contributed by atoms with Gasteiger partial charge >= 0.3 is 0 Å². The van der Waals surface area contributed by atoms with Crippen LogP contribution in [0.15, 0.2) is 6.58 Å².